The van der Waals surface area contributed by atoms with Gasteiger partial charge in [-0.2, -0.15) is 0 Å². The summed E-state index contributed by atoms with van der Waals surface area (Å²) in [5, 5.41) is 5.77. The lowest BCUT2D eigenvalue weighted by Crippen LogP contribution is -2.29. The molecule has 2 N–H and O–H groups in total. The Kier molecular flexibility index (Phi) is 6.61. The van der Waals surface area contributed by atoms with E-state index in [2.05, 4.69) is 20.5 Å². The van der Waals surface area contributed by atoms with Gasteiger partial charge in [-0.3, -0.25) is 14.0 Å². The van der Waals surface area contributed by atoms with Crippen LogP contribution in [-0.2, 0) is 6.54 Å². The number of carbonyl (C=O) groups excluding carboxylic acids is 2. The zero-order valence-corrected chi connectivity index (χ0v) is 17.1. The van der Waals surface area contributed by atoms with Gasteiger partial charge in [0.2, 0.25) is 5.82 Å². The van der Waals surface area contributed by atoms with Crippen LogP contribution < -0.4 is 10.6 Å². The summed E-state index contributed by atoms with van der Waals surface area (Å²) in [6.07, 6.45) is 2.58. The number of rotatable bonds is 8. The molecule has 152 valence electrons. The highest BCUT2D eigenvalue weighted by atomic mass is 16.2. The molecule has 0 atom stereocenters. The second-order valence-corrected chi connectivity index (χ2v) is 7.32. The molecule has 7 nitrogen and oxygen atoms in total. The van der Waals surface area contributed by atoms with Gasteiger partial charge in [0.15, 0.2) is 5.69 Å². The fourth-order valence-corrected chi connectivity index (χ4v) is 3.01. The van der Waals surface area contributed by atoms with E-state index in [9.17, 15) is 9.59 Å². The van der Waals surface area contributed by atoms with Crippen LogP contribution in [0.25, 0.3) is 5.52 Å². The molecule has 0 saturated heterocycles. The van der Waals surface area contributed by atoms with Crippen LogP contribution in [0.15, 0.2) is 48.7 Å². The van der Waals surface area contributed by atoms with E-state index in [1.807, 2.05) is 57.4 Å². The van der Waals surface area contributed by atoms with Gasteiger partial charge < -0.3 is 15.5 Å². The number of carbonyl (C=O) groups is 2. The number of aromatic nitrogens is 2. The minimum absolute atomic E-state index is 0.214. The molecule has 0 spiro atoms. The number of hydrogen-bond acceptors (Lipinski definition) is 4. The fraction of sp³-hybridized carbons (Fsp3) is 0.318. The predicted molar refractivity (Wildman–Crippen MR) is 113 cm³/mol. The molecule has 0 aliphatic heterocycles. The molecular weight excluding hydrogens is 366 g/mol. The third-order valence-electron chi connectivity index (χ3n) is 4.61. The summed E-state index contributed by atoms with van der Waals surface area (Å²) in [4.78, 5) is 31.8. The summed E-state index contributed by atoms with van der Waals surface area (Å²) in [7, 11) is 3.98. The second-order valence-electron chi connectivity index (χ2n) is 7.32. The Hall–Kier alpha value is -3.19. The predicted octanol–water partition coefficient (Wildman–Crippen LogP) is 2.25. The van der Waals surface area contributed by atoms with Gasteiger partial charge in [-0.15, -0.1) is 0 Å². The Morgan fingerprint density at radius 2 is 1.79 bits per heavy atom. The third kappa shape index (κ3) is 5.20. The molecule has 2 aromatic heterocycles. The lowest BCUT2D eigenvalue weighted by Gasteiger charge is -2.09. The van der Waals surface area contributed by atoms with Crippen LogP contribution in [0.1, 0.15) is 38.7 Å². The number of aryl methyl sites for hydroxylation is 1. The van der Waals surface area contributed by atoms with Crippen molar-refractivity contribution in [3.8, 4) is 0 Å². The Labute approximate surface area is 170 Å². The van der Waals surface area contributed by atoms with Crippen molar-refractivity contribution >= 4 is 17.3 Å². The first kappa shape index (κ1) is 20.5. The number of benzene rings is 1. The molecule has 0 aliphatic carbocycles. The molecule has 1 aromatic carbocycles. The van der Waals surface area contributed by atoms with Crippen LogP contribution in [0, 0.1) is 6.92 Å². The van der Waals surface area contributed by atoms with Crippen LogP contribution in [0.2, 0.25) is 0 Å². The molecule has 2 amide bonds. The van der Waals surface area contributed by atoms with Gasteiger partial charge in [0.1, 0.15) is 0 Å². The lowest BCUT2D eigenvalue weighted by atomic mass is 10.1. The number of amides is 2. The average Bonchev–Trinajstić information content (AvgIpc) is 3.10. The third-order valence-corrected chi connectivity index (χ3v) is 4.61. The SMILES string of the molecule is Cc1ccc(CNC(=O)c2nc(C(=O)NCCCN(C)C)n3ccccc23)cc1. The quantitative estimate of drug-likeness (QED) is 0.576. The molecule has 2 heterocycles. The highest BCUT2D eigenvalue weighted by Crippen LogP contribution is 2.14. The van der Waals surface area contributed by atoms with Crippen LogP contribution >= 0.6 is 0 Å². The number of pyridine rings is 1. The summed E-state index contributed by atoms with van der Waals surface area (Å²) in [5.41, 5.74) is 3.02. The number of hydrogen-bond donors (Lipinski definition) is 2. The number of imidazole rings is 1. The summed E-state index contributed by atoms with van der Waals surface area (Å²) in [5.74, 6) is -0.380. The Balaban J connectivity index is 1.73. The van der Waals surface area contributed by atoms with Gasteiger partial charge in [-0.25, -0.2) is 4.98 Å². The Bertz CT molecular complexity index is 992. The van der Waals surface area contributed by atoms with E-state index >= 15 is 0 Å². The minimum Gasteiger partial charge on any atom is -0.349 e. The highest BCUT2D eigenvalue weighted by molar-refractivity contribution is 6.02. The largest absolute Gasteiger partial charge is 0.349 e. The van der Waals surface area contributed by atoms with Crippen molar-refractivity contribution in [2.24, 2.45) is 0 Å². The summed E-state index contributed by atoms with van der Waals surface area (Å²) >= 11 is 0. The molecule has 7 heteroatoms. The summed E-state index contributed by atoms with van der Waals surface area (Å²) < 4.78 is 1.65. The minimum atomic E-state index is -0.305. The van der Waals surface area contributed by atoms with Crippen LogP contribution in [-0.4, -0.2) is 53.3 Å². The van der Waals surface area contributed by atoms with Gasteiger partial charge in [0.05, 0.1) is 5.52 Å². The molecule has 0 radical (unpaired) electrons. The summed E-state index contributed by atoms with van der Waals surface area (Å²) in [6.45, 7) is 3.85. The molecule has 0 fully saturated rings. The molecular formula is C22H27N5O2. The van der Waals surface area contributed by atoms with Crippen molar-refractivity contribution < 1.29 is 9.59 Å². The van der Waals surface area contributed by atoms with Crippen molar-refractivity contribution in [3.05, 3.63) is 71.3 Å². The zero-order valence-electron chi connectivity index (χ0n) is 17.1. The maximum Gasteiger partial charge on any atom is 0.287 e. The van der Waals surface area contributed by atoms with Crippen molar-refractivity contribution in [2.45, 2.75) is 19.9 Å². The van der Waals surface area contributed by atoms with Crippen molar-refractivity contribution in [1.82, 2.24) is 24.9 Å². The van der Waals surface area contributed by atoms with E-state index in [0.29, 0.717) is 18.6 Å². The van der Waals surface area contributed by atoms with Crippen molar-refractivity contribution in [2.75, 3.05) is 27.2 Å². The van der Waals surface area contributed by atoms with E-state index < -0.39 is 0 Å². The molecule has 3 rings (SSSR count). The van der Waals surface area contributed by atoms with Crippen LogP contribution in [0.4, 0.5) is 0 Å². The standard InChI is InChI=1S/C22H27N5O2/c1-16-8-10-17(11-9-16)15-24-21(28)19-18-7-4-5-14-27(18)20(25-19)22(29)23-12-6-13-26(2)3/h4-5,7-11,14H,6,12-13,15H2,1-3H3,(H,23,29)(H,24,28). The van der Waals surface area contributed by atoms with E-state index in [-0.39, 0.29) is 23.3 Å². The lowest BCUT2D eigenvalue weighted by molar-refractivity contribution is 0.0941. The van der Waals surface area contributed by atoms with Gasteiger partial charge in [0, 0.05) is 19.3 Å². The monoisotopic (exact) mass is 393 g/mol. The zero-order chi connectivity index (χ0) is 20.8. The van der Waals surface area contributed by atoms with Gasteiger partial charge >= 0.3 is 0 Å². The van der Waals surface area contributed by atoms with Crippen molar-refractivity contribution in [3.63, 3.8) is 0 Å². The molecule has 0 saturated carbocycles. The highest BCUT2D eigenvalue weighted by Gasteiger charge is 2.21. The molecule has 29 heavy (non-hydrogen) atoms. The smallest absolute Gasteiger partial charge is 0.287 e. The Morgan fingerprint density at radius 3 is 2.52 bits per heavy atom. The van der Waals surface area contributed by atoms with E-state index in [4.69, 9.17) is 0 Å². The maximum atomic E-state index is 12.7. The fourth-order valence-electron chi connectivity index (χ4n) is 3.01. The summed E-state index contributed by atoms with van der Waals surface area (Å²) in [6, 6.07) is 13.4. The van der Waals surface area contributed by atoms with Crippen LogP contribution in [0.5, 0.6) is 0 Å². The van der Waals surface area contributed by atoms with E-state index in [1.165, 1.54) is 5.56 Å². The molecule has 0 aliphatic rings. The first-order chi connectivity index (χ1) is 14.0. The first-order valence-corrected chi connectivity index (χ1v) is 9.69. The average molecular weight is 393 g/mol. The second kappa shape index (κ2) is 9.34. The van der Waals surface area contributed by atoms with Gasteiger partial charge in [-0.1, -0.05) is 35.9 Å². The first-order valence-electron chi connectivity index (χ1n) is 9.69. The Morgan fingerprint density at radius 1 is 1.03 bits per heavy atom. The van der Waals surface area contributed by atoms with Gasteiger partial charge in [-0.05, 0) is 51.7 Å². The molecule has 0 unspecified atom stereocenters. The van der Waals surface area contributed by atoms with Gasteiger partial charge in [0.25, 0.3) is 11.8 Å². The number of fused-ring (bicyclic) bond motifs is 1. The normalized spacial score (nSPS) is 11.0. The van der Waals surface area contributed by atoms with Crippen molar-refractivity contribution in [1.29, 1.82) is 0 Å². The van der Waals surface area contributed by atoms with E-state index in [1.54, 1.807) is 16.7 Å². The molecule has 0 bridgehead atoms. The molecule has 3 aromatic rings. The number of nitrogens with one attached hydrogen (secondary N) is 2. The topological polar surface area (TPSA) is 78.7 Å². The maximum absolute atomic E-state index is 12.7. The number of nitrogens with zero attached hydrogens (tertiary/aromatic N) is 3. The van der Waals surface area contributed by atoms with Crippen LogP contribution in [0.3, 0.4) is 0 Å². The van der Waals surface area contributed by atoms with E-state index in [0.717, 1.165) is 18.5 Å².